The van der Waals surface area contributed by atoms with Gasteiger partial charge in [-0.3, -0.25) is 0 Å². The van der Waals surface area contributed by atoms with Crippen LogP contribution in [0.15, 0.2) is 18.3 Å². The van der Waals surface area contributed by atoms with Crippen LogP contribution in [0.2, 0.25) is 0 Å². The molecule has 8 nitrogen and oxygen atoms in total. The monoisotopic (exact) mass is 457 g/mol. The van der Waals surface area contributed by atoms with E-state index in [2.05, 4.69) is 27.0 Å². The molecule has 31 heavy (non-hydrogen) atoms. The van der Waals surface area contributed by atoms with Crippen molar-refractivity contribution >= 4 is 45.9 Å². The van der Waals surface area contributed by atoms with Crippen molar-refractivity contribution in [2.24, 2.45) is 0 Å². The molecule has 6 rings (SSSR count). The average molecular weight is 458 g/mol. The van der Waals surface area contributed by atoms with E-state index in [1.54, 1.807) is 16.2 Å². The Hall–Kier alpha value is -2.30. The number of amides is 1. The van der Waals surface area contributed by atoms with Crippen molar-refractivity contribution in [3.63, 3.8) is 0 Å². The highest BCUT2D eigenvalue weighted by Crippen LogP contribution is 2.36. The molecule has 2 saturated heterocycles. The number of thiazole rings is 1. The lowest BCUT2D eigenvalue weighted by Gasteiger charge is -2.37. The van der Waals surface area contributed by atoms with Gasteiger partial charge in [-0.15, -0.1) is 11.3 Å². The van der Waals surface area contributed by atoms with Crippen LogP contribution in [-0.4, -0.2) is 77.2 Å². The summed E-state index contributed by atoms with van der Waals surface area (Å²) >= 11 is 3.77. The number of aryl methyl sites for hydroxylation is 1. The van der Waals surface area contributed by atoms with Crippen LogP contribution in [0.1, 0.15) is 10.6 Å². The number of H-pyrrole nitrogens is 1. The molecule has 3 aromatic heterocycles. The molecule has 2 fully saturated rings. The molecule has 6 heterocycles. The predicted octanol–water partition coefficient (Wildman–Crippen LogP) is 3.13. The number of rotatable bonds is 3. The fraction of sp³-hybridized carbons (Fsp3) is 0.476. The van der Waals surface area contributed by atoms with Gasteiger partial charge in [0.1, 0.15) is 10.7 Å². The first kappa shape index (κ1) is 19.4. The van der Waals surface area contributed by atoms with Crippen LogP contribution in [0, 0.1) is 0 Å². The van der Waals surface area contributed by atoms with Gasteiger partial charge in [0.2, 0.25) is 0 Å². The van der Waals surface area contributed by atoms with Crippen molar-refractivity contribution in [1.29, 1.82) is 0 Å². The summed E-state index contributed by atoms with van der Waals surface area (Å²) in [7, 11) is 0. The van der Waals surface area contributed by atoms with Crippen molar-refractivity contribution in [2.75, 3.05) is 50.0 Å². The molecule has 0 aliphatic carbocycles. The lowest BCUT2D eigenvalue weighted by molar-refractivity contribution is -0.104. The Labute approximate surface area is 187 Å². The standard InChI is InChI=1S/C21H23N5O3S2/c27-21(29-13-10-28-11-13)26-6-4-25(5-7-26)17-1-3-22-19-14(17)9-16(23-19)20-24-15-2-8-30-12-18(15)31-20/h1,3,9,13H,2,4-8,10-12H2,(H,22,23). The first-order valence-corrected chi connectivity index (χ1v) is 12.5. The molecule has 0 saturated carbocycles. The molecule has 3 aromatic rings. The number of thioether (sulfide) groups is 1. The summed E-state index contributed by atoms with van der Waals surface area (Å²) in [4.78, 5) is 30.7. The molecule has 0 radical (unpaired) electrons. The summed E-state index contributed by atoms with van der Waals surface area (Å²) in [6.45, 7) is 3.83. The van der Waals surface area contributed by atoms with Crippen molar-refractivity contribution in [3.05, 3.63) is 28.9 Å². The number of hydrogen-bond acceptors (Lipinski definition) is 8. The molecule has 3 aliphatic rings. The molecular weight excluding hydrogens is 434 g/mol. The number of carbonyl (C=O) groups is 1. The summed E-state index contributed by atoms with van der Waals surface area (Å²) in [5.74, 6) is 2.22. The number of carbonyl (C=O) groups excluding carboxylic acids is 1. The number of anilines is 1. The normalized spacial score (nSPS) is 19.4. The Balaban J connectivity index is 1.20. The van der Waals surface area contributed by atoms with Crippen LogP contribution in [0.25, 0.3) is 21.7 Å². The SMILES string of the molecule is O=C(OC1COC1)N1CCN(c2ccnc3[nH]c(-c4nc5c(s4)CSCC5)cc23)CC1. The van der Waals surface area contributed by atoms with Crippen LogP contribution in [0.4, 0.5) is 10.5 Å². The number of pyridine rings is 1. The maximum absolute atomic E-state index is 12.3. The molecule has 0 spiro atoms. The predicted molar refractivity (Wildman–Crippen MR) is 122 cm³/mol. The van der Waals surface area contributed by atoms with Crippen molar-refractivity contribution in [3.8, 4) is 10.7 Å². The van der Waals surface area contributed by atoms with Gasteiger partial charge >= 0.3 is 6.09 Å². The third-order valence-corrected chi connectivity index (χ3v) is 8.29. The maximum atomic E-state index is 12.3. The van der Waals surface area contributed by atoms with E-state index < -0.39 is 0 Å². The van der Waals surface area contributed by atoms with Gasteiger partial charge < -0.3 is 24.3 Å². The van der Waals surface area contributed by atoms with Crippen molar-refractivity contribution in [1.82, 2.24) is 19.9 Å². The molecule has 10 heteroatoms. The second-order valence-corrected chi connectivity index (χ2v) is 10.2. The number of nitrogens with zero attached hydrogens (tertiary/aromatic N) is 4. The molecule has 0 unspecified atom stereocenters. The summed E-state index contributed by atoms with van der Waals surface area (Å²) in [6.07, 6.45) is 2.58. The highest BCUT2D eigenvalue weighted by molar-refractivity contribution is 7.98. The zero-order chi connectivity index (χ0) is 20.8. The quantitative estimate of drug-likeness (QED) is 0.647. The van der Waals surface area contributed by atoms with Gasteiger partial charge in [0.25, 0.3) is 0 Å². The fourth-order valence-corrected chi connectivity index (χ4v) is 6.37. The minimum atomic E-state index is -0.234. The molecule has 162 valence electrons. The van der Waals surface area contributed by atoms with Crippen molar-refractivity contribution < 1.29 is 14.3 Å². The lowest BCUT2D eigenvalue weighted by atomic mass is 10.2. The van der Waals surface area contributed by atoms with E-state index in [4.69, 9.17) is 14.5 Å². The number of fused-ring (bicyclic) bond motifs is 2. The van der Waals surface area contributed by atoms with E-state index in [9.17, 15) is 4.79 Å². The van der Waals surface area contributed by atoms with E-state index in [1.165, 1.54) is 10.6 Å². The van der Waals surface area contributed by atoms with E-state index in [-0.39, 0.29) is 12.2 Å². The van der Waals surface area contributed by atoms with Crippen LogP contribution in [0.3, 0.4) is 0 Å². The summed E-state index contributed by atoms with van der Waals surface area (Å²) in [5, 5.41) is 2.15. The van der Waals surface area contributed by atoms with E-state index in [0.717, 1.165) is 58.4 Å². The van der Waals surface area contributed by atoms with E-state index in [0.29, 0.717) is 26.3 Å². The largest absolute Gasteiger partial charge is 0.441 e. The second kappa shape index (κ2) is 7.99. The van der Waals surface area contributed by atoms with Gasteiger partial charge in [-0.05, 0) is 24.3 Å². The third kappa shape index (κ3) is 3.66. The summed E-state index contributed by atoms with van der Waals surface area (Å²) in [5.41, 5.74) is 4.30. The van der Waals surface area contributed by atoms with Gasteiger partial charge in [-0.25, -0.2) is 14.8 Å². The molecular formula is C21H23N5O3S2. The topological polar surface area (TPSA) is 83.6 Å². The number of ether oxygens (including phenoxy) is 2. The van der Waals surface area contributed by atoms with Gasteiger partial charge in [0.15, 0.2) is 6.10 Å². The Kier molecular flexibility index (Phi) is 5.00. The Bertz CT molecular complexity index is 1090. The molecule has 1 N–H and O–H groups in total. The number of aromatic amines is 1. The van der Waals surface area contributed by atoms with E-state index in [1.807, 2.05) is 18.0 Å². The Morgan fingerprint density at radius 3 is 2.90 bits per heavy atom. The summed E-state index contributed by atoms with van der Waals surface area (Å²) in [6, 6.07) is 4.23. The van der Waals surface area contributed by atoms with E-state index >= 15 is 0 Å². The van der Waals surface area contributed by atoms with Crippen LogP contribution >= 0.6 is 23.1 Å². The minimum absolute atomic E-state index is 0.0845. The number of piperazine rings is 1. The maximum Gasteiger partial charge on any atom is 0.410 e. The highest BCUT2D eigenvalue weighted by atomic mass is 32.2. The van der Waals surface area contributed by atoms with Crippen LogP contribution in [-0.2, 0) is 21.6 Å². The second-order valence-electron chi connectivity index (χ2n) is 7.98. The number of nitrogens with one attached hydrogen (secondary N) is 1. The molecule has 0 aromatic carbocycles. The van der Waals surface area contributed by atoms with Crippen molar-refractivity contribution in [2.45, 2.75) is 18.3 Å². The zero-order valence-corrected chi connectivity index (χ0v) is 18.6. The molecule has 0 bridgehead atoms. The zero-order valence-electron chi connectivity index (χ0n) is 17.0. The lowest BCUT2D eigenvalue weighted by Crippen LogP contribution is -2.51. The fourth-order valence-electron chi connectivity index (χ4n) is 4.17. The van der Waals surface area contributed by atoms with Gasteiger partial charge in [0.05, 0.1) is 24.6 Å². The smallest absolute Gasteiger partial charge is 0.410 e. The molecule has 1 amide bonds. The third-order valence-electron chi connectivity index (χ3n) is 5.99. The minimum Gasteiger partial charge on any atom is -0.441 e. The average Bonchev–Trinajstić information content (AvgIpc) is 3.40. The van der Waals surface area contributed by atoms with Crippen LogP contribution < -0.4 is 4.90 Å². The van der Waals surface area contributed by atoms with Crippen LogP contribution in [0.5, 0.6) is 0 Å². The number of aromatic nitrogens is 3. The van der Waals surface area contributed by atoms with Gasteiger partial charge in [-0.1, -0.05) is 0 Å². The Morgan fingerprint density at radius 2 is 2.13 bits per heavy atom. The first-order valence-electron chi connectivity index (χ1n) is 10.6. The highest BCUT2D eigenvalue weighted by Gasteiger charge is 2.28. The Morgan fingerprint density at radius 1 is 1.26 bits per heavy atom. The number of hydrogen-bond donors (Lipinski definition) is 1. The molecule has 3 aliphatic heterocycles. The van der Waals surface area contributed by atoms with Gasteiger partial charge in [-0.2, -0.15) is 11.8 Å². The molecule has 0 atom stereocenters. The summed E-state index contributed by atoms with van der Waals surface area (Å²) < 4.78 is 10.5. The first-order chi connectivity index (χ1) is 15.2. The van der Waals surface area contributed by atoms with Gasteiger partial charge in [0, 0.05) is 54.1 Å².